The molecule has 0 aliphatic carbocycles. The summed E-state index contributed by atoms with van der Waals surface area (Å²) in [5, 5.41) is 13.6. The molecule has 0 saturated heterocycles. The van der Waals surface area contributed by atoms with Crippen molar-refractivity contribution in [2.75, 3.05) is 0 Å². The van der Waals surface area contributed by atoms with Crippen molar-refractivity contribution in [1.29, 1.82) is 0 Å². The lowest BCUT2D eigenvalue weighted by Crippen LogP contribution is -1.90. The first kappa shape index (κ1) is 16.3. The van der Waals surface area contributed by atoms with Gasteiger partial charge in [0.15, 0.2) is 0 Å². The normalized spacial score (nSPS) is 11.1. The number of nitrogens with zero attached hydrogens (tertiary/aromatic N) is 1. The van der Waals surface area contributed by atoms with Gasteiger partial charge < -0.3 is 4.98 Å². The van der Waals surface area contributed by atoms with Gasteiger partial charge >= 0.3 is 0 Å². The van der Waals surface area contributed by atoms with Crippen molar-refractivity contribution in [3.05, 3.63) is 101 Å². The Morgan fingerprint density at radius 3 is 1.89 bits per heavy atom. The monoisotopic (exact) mass is 364 g/mol. The first-order valence-corrected chi connectivity index (χ1v) is 9.05. The number of nitro benzene ring substituents is 1. The van der Waals surface area contributed by atoms with Crippen LogP contribution in [0.1, 0.15) is 0 Å². The van der Waals surface area contributed by atoms with E-state index >= 15 is 0 Å². The van der Waals surface area contributed by atoms with E-state index in [2.05, 4.69) is 23.2 Å². The maximum Gasteiger partial charge on any atom is 0.293 e. The number of H-pyrrole nitrogens is 1. The van der Waals surface area contributed by atoms with Crippen LogP contribution in [0.2, 0.25) is 0 Å². The Kier molecular flexibility index (Phi) is 3.69. The number of hydrogen-bond donors (Lipinski definition) is 1. The lowest BCUT2D eigenvalue weighted by Gasteiger charge is -2.04. The molecule has 0 saturated carbocycles. The molecule has 0 aliphatic heterocycles. The first-order valence-electron chi connectivity index (χ1n) is 9.05. The number of aromatic amines is 1. The van der Waals surface area contributed by atoms with Crippen molar-refractivity contribution in [1.82, 2.24) is 4.98 Å². The number of nitrogens with one attached hydrogen (secondary N) is 1. The molecule has 0 aliphatic rings. The van der Waals surface area contributed by atoms with Crippen LogP contribution in [-0.2, 0) is 0 Å². The van der Waals surface area contributed by atoms with Crippen LogP contribution < -0.4 is 0 Å². The quantitative estimate of drug-likeness (QED) is 0.291. The zero-order chi connectivity index (χ0) is 19.1. The predicted molar refractivity (Wildman–Crippen MR) is 113 cm³/mol. The van der Waals surface area contributed by atoms with Gasteiger partial charge in [0.2, 0.25) is 0 Å². The number of fused-ring (bicyclic) bond motifs is 3. The number of aromatic nitrogens is 1. The molecule has 4 aromatic carbocycles. The summed E-state index contributed by atoms with van der Waals surface area (Å²) in [5.74, 6) is 0. The minimum absolute atomic E-state index is 0.0915. The van der Waals surface area contributed by atoms with Gasteiger partial charge in [0.05, 0.1) is 4.92 Å². The van der Waals surface area contributed by atoms with Gasteiger partial charge in [0.25, 0.3) is 5.69 Å². The van der Waals surface area contributed by atoms with Gasteiger partial charge in [-0.15, -0.1) is 0 Å². The molecule has 0 unspecified atom stereocenters. The van der Waals surface area contributed by atoms with E-state index < -0.39 is 0 Å². The van der Waals surface area contributed by atoms with Crippen molar-refractivity contribution in [2.45, 2.75) is 0 Å². The van der Waals surface area contributed by atoms with Crippen LogP contribution in [0.25, 0.3) is 44.1 Å². The lowest BCUT2D eigenvalue weighted by molar-refractivity contribution is -0.383. The predicted octanol–water partition coefficient (Wildman–Crippen LogP) is 6.56. The molecular formula is C24H16N2O2. The van der Waals surface area contributed by atoms with E-state index in [9.17, 15) is 10.1 Å². The second-order valence-corrected chi connectivity index (χ2v) is 6.79. The van der Waals surface area contributed by atoms with Crippen molar-refractivity contribution < 1.29 is 4.92 Å². The van der Waals surface area contributed by atoms with Gasteiger partial charge in [-0.2, -0.15) is 0 Å². The zero-order valence-electron chi connectivity index (χ0n) is 14.9. The Morgan fingerprint density at radius 2 is 1.25 bits per heavy atom. The van der Waals surface area contributed by atoms with Gasteiger partial charge in [-0.3, -0.25) is 10.1 Å². The topological polar surface area (TPSA) is 58.9 Å². The molecule has 5 rings (SSSR count). The van der Waals surface area contributed by atoms with Crippen molar-refractivity contribution >= 4 is 27.5 Å². The number of nitro groups is 1. The minimum atomic E-state index is -0.317. The number of hydrogen-bond acceptors (Lipinski definition) is 2. The summed E-state index contributed by atoms with van der Waals surface area (Å²) < 4.78 is 0. The fourth-order valence-electron chi connectivity index (χ4n) is 3.73. The third-order valence-corrected chi connectivity index (χ3v) is 5.10. The highest BCUT2D eigenvalue weighted by molar-refractivity contribution is 6.12. The molecule has 4 heteroatoms. The summed E-state index contributed by atoms with van der Waals surface area (Å²) in [6.07, 6.45) is 0. The van der Waals surface area contributed by atoms with E-state index in [1.165, 1.54) is 0 Å². The second-order valence-electron chi connectivity index (χ2n) is 6.79. The van der Waals surface area contributed by atoms with Crippen LogP contribution in [0.5, 0.6) is 0 Å². The van der Waals surface area contributed by atoms with Gasteiger partial charge in [0, 0.05) is 22.4 Å². The molecule has 28 heavy (non-hydrogen) atoms. The summed E-state index contributed by atoms with van der Waals surface area (Å²) in [6, 6.07) is 29.7. The fourth-order valence-corrected chi connectivity index (χ4v) is 3.73. The third-order valence-electron chi connectivity index (χ3n) is 5.10. The minimum Gasteiger partial charge on any atom is -0.349 e. The second kappa shape index (κ2) is 6.35. The Balaban J connectivity index is 1.82. The lowest BCUT2D eigenvalue weighted by atomic mass is 9.99. The Bertz CT molecular complexity index is 1320. The molecule has 5 aromatic rings. The smallest absolute Gasteiger partial charge is 0.293 e. The standard InChI is InChI=1S/C24H16N2O2/c27-26(28)23-15-19(17-9-5-2-6-10-17)14-21-20-13-18(16-7-3-1-4-8-16)11-12-22(20)25-24(21)23/h1-15,25H. The summed E-state index contributed by atoms with van der Waals surface area (Å²) in [5.41, 5.74) is 5.54. The van der Waals surface area contributed by atoms with Gasteiger partial charge in [-0.25, -0.2) is 0 Å². The van der Waals surface area contributed by atoms with Crippen molar-refractivity contribution in [2.24, 2.45) is 0 Å². The summed E-state index contributed by atoms with van der Waals surface area (Å²) in [7, 11) is 0. The molecule has 0 atom stereocenters. The maximum atomic E-state index is 11.7. The van der Waals surface area contributed by atoms with Crippen molar-refractivity contribution in [3.63, 3.8) is 0 Å². The molecule has 0 bridgehead atoms. The molecule has 1 aromatic heterocycles. The van der Waals surface area contributed by atoms with Gasteiger partial charge in [-0.1, -0.05) is 66.7 Å². The molecule has 0 spiro atoms. The average Bonchev–Trinajstić information content (AvgIpc) is 3.12. The van der Waals surface area contributed by atoms with E-state index in [4.69, 9.17) is 0 Å². The Morgan fingerprint density at radius 1 is 0.643 bits per heavy atom. The fraction of sp³-hybridized carbons (Fsp3) is 0. The van der Waals surface area contributed by atoms with E-state index in [0.717, 1.165) is 38.5 Å². The molecule has 1 heterocycles. The highest BCUT2D eigenvalue weighted by Crippen LogP contribution is 2.37. The van der Waals surface area contributed by atoms with Gasteiger partial charge in [-0.05, 0) is 40.5 Å². The Hall–Kier alpha value is -3.92. The van der Waals surface area contributed by atoms with E-state index in [-0.39, 0.29) is 10.6 Å². The van der Waals surface area contributed by atoms with E-state index in [0.29, 0.717) is 5.52 Å². The first-order chi connectivity index (χ1) is 13.7. The molecule has 0 amide bonds. The summed E-state index contributed by atoms with van der Waals surface area (Å²) in [4.78, 5) is 14.7. The third kappa shape index (κ3) is 2.63. The molecule has 4 nitrogen and oxygen atoms in total. The van der Waals surface area contributed by atoms with Crippen LogP contribution in [0, 0.1) is 10.1 Å². The van der Waals surface area contributed by atoms with E-state index in [1.807, 2.05) is 66.7 Å². The van der Waals surface area contributed by atoms with Crippen LogP contribution >= 0.6 is 0 Å². The summed E-state index contributed by atoms with van der Waals surface area (Å²) in [6.45, 7) is 0. The molecule has 134 valence electrons. The molecule has 0 radical (unpaired) electrons. The number of non-ortho nitro benzene ring substituents is 1. The molecule has 1 N–H and O–H groups in total. The number of benzene rings is 4. The Labute approximate surface area is 161 Å². The van der Waals surface area contributed by atoms with Crippen LogP contribution in [0.3, 0.4) is 0 Å². The molecule has 0 fully saturated rings. The largest absolute Gasteiger partial charge is 0.349 e. The van der Waals surface area contributed by atoms with Crippen LogP contribution in [-0.4, -0.2) is 9.91 Å². The average molecular weight is 364 g/mol. The van der Waals surface area contributed by atoms with Crippen LogP contribution in [0.15, 0.2) is 91.0 Å². The SMILES string of the molecule is O=[N+]([O-])c1cc(-c2ccccc2)cc2c1[nH]c1ccc(-c3ccccc3)cc12. The molecular weight excluding hydrogens is 348 g/mol. The summed E-state index contributed by atoms with van der Waals surface area (Å²) >= 11 is 0. The van der Waals surface area contributed by atoms with E-state index in [1.54, 1.807) is 6.07 Å². The number of rotatable bonds is 3. The van der Waals surface area contributed by atoms with Gasteiger partial charge in [0.1, 0.15) is 5.52 Å². The maximum absolute atomic E-state index is 11.7. The van der Waals surface area contributed by atoms with Crippen LogP contribution in [0.4, 0.5) is 5.69 Å². The highest BCUT2D eigenvalue weighted by Gasteiger charge is 2.19. The highest BCUT2D eigenvalue weighted by atomic mass is 16.6. The zero-order valence-corrected chi connectivity index (χ0v) is 14.9. The van der Waals surface area contributed by atoms with Crippen molar-refractivity contribution in [3.8, 4) is 22.3 Å².